The van der Waals surface area contributed by atoms with Gasteiger partial charge in [-0.15, -0.1) is 0 Å². The summed E-state index contributed by atoms with van der Waals surface area (Å²) in [5.74, 6) is 0.0802. The van der Waals surface area contributed by atoms with E-state index in [-0.39, 0.29) is 16.6 Å². The van der Waals surface area contributed by atoms with Gasteiger partial charge >= 0.3 is 0 Å². The number of carbonyl (C=O) groups is 1. The van der Waals surface area contributed by atoms with Crippen LogP contribution < -0.4 is 0 Å². The highest BCUT2D eigenvalue weighted by Gasteiger charge is 2.33. The third kappa shape index (κ3) is 4.51. The quantitative estimate of drug-likeness (QED) is 0.217. The highest BCUT2D eigenvalue weighted by molar-refractivity contribution is 6.31. The Morgan fingerprint density at radius 2 is 0.842 bits per heavy atom. The first-order chi connectivity index (χ1) is 17.7. The molecule has 1 aliphatic carbocycles. The van der Waals surface area contributed by atoms with Gasteiger partial charge in [0.25, 0.3) is 0 Å². The summed E-state index contributed by atoms with van der Waals surface area (Å²) >= 11 is 12.6. The molecule has 1 aliphatic rings. The lowest BCUT2D eigenvalue weighted by molar-refractivity contribution is 0.104. The topological polar surface area (TPSA) is 17.1 Å². The van der Waals surface area contributed by atoms with E-state index in [2.05, 4.69) is 91.8 Å². The first-order valence-electron chi connectivity index (χ1n) is 13.1. The van der Waals surface area contributed by atoms with Crippen molar-refractivity contribution in [3.8, 4) is 33.4 Å². The molecule has 0 saturated heterocycles. The molecule has 3 heteroatoms. The predicted octanol–water partition coefficient (Wildman–Crippen LogP) is 10.8. The fraction of sp³-hybridized carbons (Fsp3) is 0.286. The zero-order valence-electron chi connectivity index (χ0n) is 23.4. The molecule has 0 aromatic heterocycles. The second-order valence-corrected chi connectivity index (χ2v) is 13.5. The summed E-state index contributed by atoms with van der Waals surface area (Å²) in [6.45, 7) is 17.5. The number of hydrogen-bond acceptors (Lipinski definition) is 1. The molecular weight excluding hydrogens is 507 g/mol. The van der Waals surface area contributed by atoms with E-state index in [1.165, 1.54) is 11.1 Å². The maximum Gasteiger partial charge on any atom is 0.194 e. The molecule has 194 valence electrons. The number of carbonyl (C=O) groups excluding carboxylic acids is 1. The van der Waals surface area contributed by atoms with E-state index in [4.69, 9.17) is 23.2 Å². The van der Waals surface area contributed by atoms with Crippen molar-refractivity contribution in [2.75, 3.05) is 0 Å². The number of halogens is 2. The summed E-state index contributed by atoms with van der Waals surface area (Å²) in [6, 6.07) is 20.7. The van der Waals surface area contributed by atoms with Crippen LogP contribution in [0.3, 0.4) is 0 Å². The SMILES string of the molecule is Cc1cc(Cl)ccc1-c1cc2c(cc1C(C)(C)C)-c1cc(C(C)(C)C)c(-c3ccc(Cl)cc3C)cc1C2=O. The number of rotatable bonds is 2. The lowest BCUT2D eigenvalue weighted by Crippen LogP contribution is -2.14. The van der Waals surface area contributed by atoms with Crippen LogP contribution in [0.1, 0.15) is 79.7 Å². The number of aryl methyl sites for hydroxylation is 2. The van der Waals surface area contributed by atoms with Crippen molar-refractivity contribution in [2.45, 2.75) is 66.2 Å². The van der Waals surface area contributed by atoms with E-state index in [9.17, 15) is 4.79 Å². The number of fused-ring (bicyclic) bond motifs is 3. The number of hydrogen-bond donors (Lipinski definition) is 0. The molecule has 5 rings (SSSR count). The standard InChI is InChI=1S/C35H34Cl2O/c1-19-13-21(36)9-11-23(19)27-15-29-25(17-31(27)34(3,4)5)26-18-32(35(6,7)8)28(16-30(26)33(29)38)24-12-10-22(37)14-20(24)2/h9-18H,1-8H3. The smallest absolute Gasteiger partial charge is 0.194 e. The van der Waals surface area contributed by atoms with Crippen molar-refractivity contribution in [1.29, 1.82) is 0 Å². The number of benzene rings is 4. The van der Waals surface area contributed by atoms with Crippen LogP contribution in [0.2, 0.25) is 10.0 Å². The van der Waals surface area contributed by atoms with Crippen LogP contribution in [0.4, 0.5) is 0 Å². The van der Waals surface area contributed by atoms with Crippen LogP contribution in [0, 0.1) is 13.8 Å². The fourth-order valence-corrected chi connectivity index (χ4v) is 6.16. The summed E-state index contributed by atoms with van der Waals surface area (Å²) in [5.41, 5.74) is 12.4. The van der Waals surface area contributed by atoms with Crippen LogP contribution >= 0.6 is 23.2 Å². The summed E-state index contributed by atoms with van der Waals surface area (Å²) in [6.07, 6.45) is 0. The molecule has 4 aromatic carbocycles. The molecule has 0 saturated carbocycles. The Labute approximate surface area is 236 Å². The maximum absolute atomic E-state index is 14.0. The molecule has 1 nitrogen and oxygen atoms in total. The summed E-state index contributed by atoms with van der Waals surface area (Å²) in [5, 5.41) is 1.43. The summed E-state index contributed by atoms with van der Waals surface area (Å²) in [4.78, 5) is 14.0. The molecule has 0 radical (unpaired) electrons. The van der Waals surface area contributed by atoms with Crippen molar-refractivity contribution in [3.05, 3.63) is 104 Å². The Bertz CT molecular complexity index is 1510. The Hall–Kier alpha value is -2.87. The van der Waals surface area contributed by atoms with Gasteiger partial charge in [0, 0.05) is 21.2 Å². The van der Waals surface area contributed by atoms with Gasteiger partial charge in [-0.05, 0) is 129 Å². The van der Waals surface area contributed by atoms with Crippen LogP contribution in [0.5, 0.6) is 0 Å². The van der Waals surface area contributed by atoms with Gasteiger partial charge in [-0.1, -0.05) is 76.9 Å². The molecule has 0 aliphatic heterocycles. The van der Waals surface area contributed by atoms with Gasteiger partial charge in [0.05, 0.1) is 0 Å². The second-order valence-electron chi connectivity index (χ2n) is 12.6. The fourth-order valence-electron chi connectivity index (χ4n) is 5.71. The molecule has 0 N–H and O–H groups in total. The zero-order chi connectivity index (χ0) is 27.7. The summed E-state index contributed by atoms with van der Waals surface area (Å²) < 4.78 is 0. The normalized spacial score (nSPS) is 13.1. The lowest BCUT2D eigenvalue weighted by atomic mass is 9.78. The Kier molecular flexibility index (Phi) is 6.41. The molecular formula is C35H34Cl2O. The molecule has 38 heavy (non-hydrogen) atoms. The van der Waals surface area contributed by atoms with Crippen LogP contribution in [0.15, 0.2) is 60.7 Å². The highest BCUT2D eigenvalue weighted by Crippen LogP contribution is 2.48. The first-order valence-corrected chi connectivity index (χ1v) is 13.9. The van der Waals surface area contributed by atoms with E-state index in [0.29, 0.717) is 10.0 Å². The Morgan fingerprint density at radius 3 is 1.16 bits per heavy atom. The minimum atomic E-state index is -0.116. The molecule has 0 fully saturated rings. The van der Waals surface area contributed by atoms with E-state index in [1.54, 1.807) is 0 Å². The predicted molar refractivity (Wildman–Crippen MR) is 163 cm³/mol. The van der Waals surface area contributed by atoms with E-state index in [1.807, 2.05) is 24.3 Å². The number of ketones is 1. The molecule has 0 amide bonds. The van der Waals surface area contributed by atoms with Crippen molar-refractivity contribution in [2.24, 2.45) is 0 Å². The molecule has 0 unspecified atom stereocenters. The van der Waals surface area contributed by atoms with Gasteiger partial charge < -0.3 is 0 Å². The van der Waals surface area contributed by atoms with Gasteiger partial charge in [-0.2, -0.15) is 0 Å². The third-order valence-electron chi connectivity index (χ3n) is 7.67. The average molecular weight is 542 g/mol. The summed E-state index contributed by atoms with van der Waals surface area (Å²) in [7, 11) is 0. The Morgan fingerprint density at radius 1 is 0.474 bits per heavy atom. The zero-order valence-corrected chi connectivity index (χ0v) is 24.9. The van der Waals surface area contributed by atoms with Gasteiger partial charge in [0.15, 0.2) is 5.78 Å². The monoisotopic (exact) mass is 540 g/mol. The van der Waals surface area contributed by atoms with Gasteiger partial charge in [-0.25, -0.2) is 0 Å². The maximum atomic E-state index is 14.0. The largest absolute Gasteiger partial charge is 0.289 e. The minimum absolute atomic E-state index is 0.0802. The molecule has 0 atom stereocenters. The highest BCUT2D eigenvalue weighted by atomic mass is 35.5. The Balaban J connectivity index is 1.80. The minimum Gasteiger partial charge on any atom is -0.289 e. The van der Waals surface area contributed by atoms with E-state index in [0.717, 1.165) is 55.6 Å². The van der Waals surface area contributed by atoms with Crippen molar-refractivity contribution < 1.29 is 4.79 Å². The molecule has 0 heterocycles. The van der Waals surface area contributed by atoms with E-state index < -0.39 is 0 Å². The van der Waals surface area contributed by atoms with Gasteiger partial charge in [0.1, 0.15) is 0 Å². The molecule has 0 spiro atoms. The van der Waals surface area contributed by atoms with Gasteiger partial charge in [-0.3, -0.25) is 4.79 Å². The van der Waals surface area contributed by atoms with Crippen LogP contribution in [0.25, 0.3) is 33.4 Å². The van der Waals surface area contributed by atoms with Gasteiger partial charge in [0.2, 0.25) is 0 Å². The third-order valence-corrected chi connectivity index (χ3v) is 8.14. The molecule has 0 bridgehead atoms. The lowest BCUT2D eigenvalue weighted by Gasteiger charge is -2.26. The first kappa shape index (κ1) is 26.7. The van der Waals surface area contributed by atoms with Crippen molar-refractivity contribution in [3.63, 3.8) is 0 Å². The van der Waals surface area contributed by atoms with Crippen molar-refractivity contribution >= 4 is 29.0 Å². The van der Waals surface area contributed by atoms with Crippen LogP contribution in [-0.2, 0) is 10.8 Å². The van der Waals surface area contributed by atoms with Crippen LogP contribution in [-0.4, -0.2) is 5.78 Å². The second kappa shape index (κ2) is 9.11. The average Bonchev–Trinajstić information content (AvgIpc) is 3.07. The molecule has 4 aromatic rings. The van der Waals surface area contributed by atoms with Crippen molar-refractivity contribution in [1.82, 2.24) is 0 Å². The van der Waals surface area contributed by atoms with E-state index >= 15 is 0 Å².